The van der Waals surface area contributed by atoms with Gasteiger partial charge < -0.3 is 20.1 Å². The summed E-state index contributed by atoms with van der Waals surface area (Å²) < 4.78 is 13.0. The Kier molecular flexibility index (Phi) is 5.16. The Morgan fingerprint density at radius 2 is 1.93 bits per heavy atom. The number of anilines is 2. The van der Waals surface area contributed by atoms with Gasteiger partial charge in [0.15, 0.2) is 0 Å². The van der Waals surface area contributed by atoms with Crippen molar-refractivity contribution in [1.82, 2.24) is 9.78 Å². The van der Waals surface area contributed by atoms with Crippen molar-refractivity contribution in [3.05, 3.63) is 48.7 Å². The van der Waals surface area contributed by atoms with E-state index in [2.05, 4.69) is 29.6 Å². The monoisotopic (exact) mass is 380 g/mol. The van der Waals surface area contributed by atoms with Crippen molar-refractivity contribution in [2.45, 2.75) is 32.4 Å². The normalized spacial score (nSPS) is 16.5. The van der Waals surface area contributed by atoms with Gasteiger partial charge in [0.25, 0.3) is 0 Å². The average molecular weight is 380 g/mol. The molecule has 3 aromatic rings. The Balaban J connectivity index is 1.36. The SMILES string of the molecule is CC(C)n1cc2cc(NC(=O)Nc3ccc(OC4CCOC4)cc3)ccc2n1. The third-order valence-electron chi connectivity index (χ3n) is 4.61. The number of nitrogens with one attached hydrogen (secondary N) is 2. The lowest BCUT2D eigenvalue weighted by molar-refractivity contribution is 0.141. The Bertz CT molecular complexity index is 959. The van der Waals surface area contributed by atoms with Crippen LogP contribution >= 0.6 is 0 Å². The molecule has 0 bridgehead atoms. The first-order chi connectivity index (χ1) is 13.6. The molecular weight excluding hydrogens is 356 g/mol. The van der Waals surface area contributed by atoms with Crippen molar-refractivity contribution < 1.29 is 14.3 Å². The molecule has 1 aliphatic rings. The number of amides is 2. The molecule has 2 amide bonds. The summed E-state index contributed by atoms with van der Waals surface area (Å²) in [6.07, 6.45) is 3.00. The van der Waals surface area contributed by atoms with Gasteiger partial charge in [0.2, 0.25) is 0 Å². The zero-order valence-electron chi connectivity index (χ0n) is 16.0. The quantitative estimate of drug-likeness (QED) is 0.686. The third kappa shape index (κ3) is 4.26. The minimum atomic E-state index is -0.298. The molecule has 1 atom stereocenters. The van der Waals surface area contributed by atoms with Gasteiger partial charge in [-0.2, -0.15) is 5.10 Å². The van der Waals surface area contributed by atoms with E-state index < -0.39 is 0 Å². The zero-order valence-corrected chi connectivity index (χ0v) is 16.0. The van der Waals surface area contributed by atoms with Gasteiger partial charge in [0.05, 0.1) is 18.7 Å². The third-order valence-corrected chi connectivity index (χ3v) is 4.61. The summed E-state index contributed by atoms with van der Waals surface area (Å²) in [6.45, 7) is 5.53. The number of fused-ring (bicyclic) bond motifs is 1. The number of ether oxygens (including phenoxy) is 2. The van der Waals surface area contributed by atoms with E-state index in [1.807, 2.05) is 53.3 Å². The molecule has 28 heavy (non-hydrogen) atoms. The van der Waals surface area contributed by atoms with Crippen LogP contribution in [0.2, 0.25) is 0 Å². The second kappa shape index (κ2) is 7.90. The van der Waals surface area contributed by atoms with Crippen LogP contribution in [-0.4, -0.2) is 35.1 Å². The number of hydrogen-bond acceptors (Lipinski definition) is 4. The molecule has 4 rings (SSSR count). The van der Waals surface area contributed by atoms with Gasteiger partial charge >= 0.3 is 6.03 Å². The molecule has 0 radical (unpaired) electrons. The van der Waals surface area contributed by atoms with Crippen molar-refractivity contribution in [2.24, 2.45) is 0 Å². The Hall–Kier alpha value is -3.06. The van der Waals surface area contributed by atoms with Crippen molar-refractivity contribution >= 4 is 28.3 Å². The van der Waals surface area contributed by atoms with Gasteiger partial charge in [-0.15, -0.1) is 0 Å². The van der Waals surface area contributed by atoms with Gasteiger partial charge in [-0.3, -0.25) is 4.68 Å². The highest BCUT2D eigenvalue weighted by Crippen LogP contribution is 2.22. The summed E-state index contributed by atoms with van der Waals surface area (Å²) in [5, 5.41) is 11.2. The zero-order chi connectivity index (χ0) is 19.5. The van der Waals surface area contributed by atoms with Crippen LogP contribution in [-0.2, 0) is 4.74 Å². The Labute approximate surface area is 163 Å². The molecular formula is C21H24N4O3. The van der Waals surface area contributed by atoms with Crippen LogP contribution in [0.1, 0.15) is 26.3 Å². The lowest BCUT2D eigenvalue weighted by atomic mass is 10.2. The molecule has 2 aromatic carbocycles. The highest BCUT2D eigenvalue weighted by molar-refractivity contribution is 6.00. The largest absolute Gasteiger partial charge is 0.488 e. The minimum Gasteiger partial charge on any atom is -0.488 e. The van der Waals surface area contributed by atoms with Crippen molar-refractivity contribution in [2.75, 3.05) is 23.8 Å². The maximum atomic E-state index is 12.3. The standard InChI is InChI=1S/C21H24N4O3/c1-14(2)25-12-15-11-17(5-8-20(15)24-25)23-21(26)22-16-3-6-18(7-4-16)28-19-9-10-27-13-19/h3-8,11-12,14,19H,9-10,13H2,1-2H3,(H2,22,23,26). The number of carbonyl (C=O) groups is 1. The molecule has 2 N–H and O–H groups in total. The number of nitrogens with zero attached hydrogens (tertiary/aromatic N) is 2. The Morgan fingerprint density at radius 3 is 2.64 bits per heavy atom. The number of rotatable bonds is 5. The number of urea groups is 1. The molecule has 0 spiro atoms. The van der Waals surface area contributed by atoms with Crippen LogP contribution < -0.4 is 15.4 Å². The lowest BCUT2D eigenvalue weighted by Crippen LogP contribution is -2.19. The maximum Gasteiger partial charge on any atom is 0.323 e. The first kappa shape index (κ1) is 18.3. The average Bonchev–Trinajstić information content (AvgIpc) is 3.32. The van der Waals surface area contributed by atoms with Crippen LogP contribution in [0.4, 0.5) is 16.2 Å². The van der Waals surface area contributed by atoms with E-state index in [1.54, 1.807) is 0 Å². The van der Waals surface area contributed by atoms with Gasteiger partial charge in [-0.1, -0.05) is 0 Å². The molecule has 1 unspecified atom stereocenters. The fourth-order valence-corrected chi connectivity index (χ4v) is 3.10. The van der Waals surface area contributed by atoms with Gasteiger partial charge in [0, 0.05) is 35.4 Å². The summed E-state index contributed by atoms with van der Waals surface area (Å²) in [5.74, 6) is 0.772. The van der Waals surface area contributed by atoms with Crippen LogP contribution in [0, 0.1) is 0 Å². The molecule has 1 aliphatic heterocycles. The van der Waals surface area contributed by atoms with E-state index in [-0.39, 0.29) is 12.1 Å². The molecule has 1 aromatic heterocycles. The molecule has 1 saturated heterocycles. The minimum absolute atomic E-state index is 0.108. The van der Waals surface area contributed by atoms with E-state index in [9.17, 15) is 4.79 Å². The molecule has 146 valence electrons. The van der Waals surface area contributed by atoms with E-state index in [0.717, 1.165) is 35.4 Å². The number of hydrogen-bond donors (Lipinski definition) is 2. The number of carbonyl (C=O) groups excluding carboxylic acids is 1. The number of aromatic nitrogens is 2. The second-order valence-electron chi connectivity index (χ2n) is 7.18. The second-order valence-corrected chi connectivity index (χ2v) is 7.18. The van der Waals surface area contributed by atoms with E-state index in [1.165, 1.54) is 0 Å². The topological polar surface area (TPSA) is 77.4 Å². The van der Waals surface area contributed by atoms with Gasteiger partial charge in [0.1, 0.15) is 11.9 Å². The van der Waals surface area contributed by atoms with E-state index in [0.29, 0.717) is 18.3 Å². The lowest BCUT2D eigenvalue weighted by Gasteiger charge is -2.12. The predicted molar refractivity (Wildman–Crippen MR) is 109 cm³/mol. The predicted octanol–water partition coefficient (Wildman–Crippen LogP) is 4.43. The van der Waals surface area contributed by atoms with E-state index >= 15 is 0 Å². The van der Waals surface area contributed by atoms with Crippen LogP contribution in [0.25, 0.3) is 10.9 Å². The molecule has 0 saturated carbocycles. The number of benzene rings is 2. The first-order valence-corrected chi connectivity index (χ1v) is 9.48. The van der Waals surface area contributed by atoms with Crippen LogP contribution in [0.15, 0.2) is 48.7 Å². The highest BCUT2D eigenvalue weighted by Gasteiger charge is 2.17. The van der Waals surface area contributed by atoms with Crippen molar-refractivity contribution in [3.63, 3.8) is 0 Å². The fraction of sp³-hybridized carbons (Fsp3) is 0.333. The van der Waals surface area contributed by atoms with Crippen LogP contribution in [0.3, 0.4) is 0 Å². The Morgan fingerprint density at radius 1 is 1.18 bits per heavy atom. The molecule has 1 fully saturated rings. The summed E-state index contributed by atoms with van der Waals surface area (Å²) in [7, 11) is 0. The van der Waals surface area contributed by atoms with Crippen LogP contribution in [0.5, 0.6) is 5.75 Å². The smallest absolute Gasteiger partial charge is 0.323 e. The van der Waals surface area contributed by atoms with Gasteiger partial charge in [-0.05, 0) is 56.3 Å². The fourth-order valence-electron chi connectivity index (χ4n) is 3.10. The highest BCUT2D eigenvalue weighted by atomic mass is 16.5. The molecule has 7 nitrogen and oxygen atoms in total. The van der Waals surface area contributed by atoms with Gasteiger partial charge in [-0.25, -0.2) is 4.79 Å². The maximum absolute atomic E-state index is 12.3. The summed E-state index contributed by atoms with van der Waals surface area (Å²) in [5.41, 5.74) is 2.32. The molecule has 2 heterocycles. The van der Waals surface area contributed by atoms with E-state index in [4.69, 9.17) is 9.47 Å². The molecule has 0 aliphatic carbocycles. The first-order valence-electron chi connectivity index (χ1n) is 9.48. The molecule has 7 heteroatoms. The van der Waals surface area contributed by atoms with Crippen molar-refractivity contribution in [1.29, 1.82) is 0 Å². The summed E-state index contributed by atoms with van der Waals surface area (Å²) >= 11 is 0. The van der Waals surface area contributed by atoms with Crippen molar-refractivity contribution in [3.8, 4) is 5.75 Å². The summed E-state index contributed by atoms with van der Waals surface area (Å²) in [6, 6.07) is 13.0. The summed E-state index contributed by atoms with van der Waals surface area (Å²) in [4.78, 5) is 12.3.